The highest BCUT2D eigenvalue weighted by molar-refractivity contribution is 5.98. The smallest absolute Gasteiger partial charge is 0.338 e. The summed E-state index contributed by atoms with van der Waals surface area (Å²) in [4.78, 5) is 41.6. The third-order valence-electron chi connectivity index (χ3n) is 2.60. The number of amides is 1. The Hall–Kier alpha value is -2.51. The van der Waals surface area contributed by atoms with E-state index in [1.54, 1.807) is 0 Å². The molecule has 8 heteroatoms. The lowest BCUT2D eigenvalue weighted by atomic mass is 10.1. The van der Waals surface area contributed by atoms with Gasteiger partial charge in [-0.25, -0.2) is 14.8 Å². The fourth-order valence-corrected chi connectivity index (χ4v) is 1.64. The van der Waals surface area contributed by atoms with Crippen molar-refractivity contribution in [2.45, 2.75) is 6.42 Å². The number of aromatic nitrogens is 2. The van der Waals surface area contributed by atoms with Crippen LogP contribution < -0.4 is 4.90 Å². The molecule has 2 rings (SSSR count). The molecule has 1 aromatic heterocycles. The Labute approximate surface area is 101 Å². The number of hydrogen-bond acceptors (Lipinski definition) is 5. The average molecular weight is 251 g/mol. The Kier molecular flexibility index (Phi) is 2.92. The third-order valence-corrected chi connectivity index (χ3v) is 2.60. The van der Waals surface area contributed by atoms with Gasteiger partial charge in [0.2, 0.25) is 11.9 Å². The van der Waals surface area contributed by atoms with Crippen LogP contribution in [0.1, 0.15) is 16.8 Å². The molecule has 1 unspecified atom stereocenters. The van der Waals surface area contributed by atoms with Crippen LogP contribution in [0.3, 0.4) is 0 Å². The van der Waals surface area contributed by atoms with Crippen LogP contribution >= 0.6 is 0 Å². The summed E-state index contributed by atoms with van der Waals surface area (Å²) in [6, 6.07) is 0. The number of rotatable bonds is 3. The molecular weight excluding hydrogens is 242 g/mol. The molecule has 18 heavy (non-hydrogen) atoms. The fraction of sp³-hybridized carbons (Fsp3) is 0.300. The second-order valence-electron chi connectivity index (χ2n) is 3.82. The predicted molar refractivity (Wildman–Crippen MR) is 57.1 cm³/mol. The highest BCUT2D eigenvalue weighted by Crippen LogP contribution is 2.21. The number of nitrogens with zero attached hydrogens (tertiary/aromatic N) is 3. The summed E-state index contributed by atoms with van der Waals surface area (Å²) in [6.07, 6.45) is 2.05. The van der Waals surface area contributed by atoms with Gasteiger partial charge in [0.05, 0.1) is 11.5 Å². The quantitative estimate of drug-likeness (QED) is 0.750. The molecule has 2 N–H and O–H groups in total. The fourth-order valence-electron chi connectivity index (χ4n) is 1.64. The van der Waals surface area contributed by atoms with Gasteiger partial charge in [-0.3, -0.25) is 14.5 Å². The van der Waals surface area contributed by atoms with E-state index in [1.165, 1.54) is 0 Å². The van der Waals surface area contributed by atoms with Crippen molar-refractivity contribution in [2.75, 3.05) is 11.4 Å². The zero-order chi connectivity index (χ0) is 13.3. The van der Waals surface area contributed by atoms with Crippen molar-refractivity contribution < 1.29 is 24.6 Å². The maximum absolute atomic E-state index is 11.6. The van der Waals surface area contributed by atoms with Gasteiger partial charge in [-0.2, -0.15) is 0 Å². The topological polar surface area (TPSA) is 121 Å². The van der Waals surface area contributed by atoms with E-state index in [2.05, 4.69) is 9.97 Å². The van der Waals surface area contributed by atoms with Crippen LogP contribution in [0.5, 0.6) is 0 Å². The molecule has 1 saturated heterocycles. The van der Waals surface area contributed by atoms with Crippen LogP contribution in [0.4, 0.5) is 5.95 Å². The minimum Gasteiger partial charge on any atom is -0.481 e. The number of aliphatic carboxylic acids is 1. The van der Waals surface area contributed by atoms with Gasteiger partial charge in [0, 0.05) is 25.4 Å². The van der Waals surface area contributed by atoms with Gasteiger partial charge in [0.15, 0.2) is 0 Å². The number of carbonyl (C=O) groups excluding carboxylic acids is 1. The van der Waals surface area contributed by atoms with E-state index in [0.29, 0.717) is 0 Å². The largest absolute Gasteiger partial charge is 0.481 e. The van der Waals surface area contributed by atoms with Crippen molar-refractivity contribution in [1.29, 1.82) is 0 Å². The summed E-state index contributed by atoms with van der Waals surface area (Å²) in [6.45, 7) is 0.000580. The molecule has 0 saturated carbocycles. The molecule has 0 radical (unpaired) electrons. The standard InChI is InChI=1S/C10H9N3O5/c14-7-1-5(8(15)16)4-13(7)10-11-2-6(3-12-10)9(17)18/h2-3,5H,1,4H2,(H,15,16)(H,17,18). The van der Waals surface area contributed by atoms with Gasteiger partial charge in [-0.15, -0.1) is 0 Å². The van der Waals surface area contributed by atoms with Crippen molar-refractivity contribution in [3.63, 3.8) is 0 Å². The van der Waals surface area contributed by atoms with Crippen molar-refractivity contribution in [3.8, 4) is 0 Å². The highest BCUT2D eigenvalue weighted by atomic mass is 16.4. The first-order valence-corrected chi connectivity index (χ1v) is 5.07. The Morgan fingerprint density at radius 1 is 1.28 bits per heavy atom. The molecule has 0 bridgehead atoms. The van der Waals surface area contributed by atoms with Gasteiger partial charge in [-0.1, -0.05) is 0 Å². The van der Waals surface area contributed by atoms with E-state index in [-0.39, 0.29) is 30.4 Å². The lowest BCUT2D eigenvalue weighted by Crippen LogP contribution is -2.27. The number of carboxylic acid groups (broad SMARTS) is 2. The van der Waals surface area contributed by atoms with E-state index in [1.807, 2.05) is 0 Å². The molecule has 1 aromatic rings. The summed E-state index contributed by atoms with van der Waals surface area (Å²) >= 11 is 0. The van der Waals surface area contributed by atoms with Crippen LogP contribution in [-0.4, -0.2) is 44.6 Å². The van der Waals surface area contributed by atoms with E-state index in [0.717, 1.165) is 17.3 Å². The van der Waals surface area contributed by atoms with E-state index in [9.17, 15) is 14.4 Å². The first-order chi connectivity index (χ1) is 8.49. The second kappa shape index (κ2) is 4.40. The van der Waals surface area contributed by atoms with Crippen molar-refractivity contribution >= 4 is 23.8 Å². The monoisotopic (exact) mass is 251 g/mol. The maximum atomic E-state index is 11.6. The molecule has 1 atom stereocenters. The van der Waals surface area contributed by atoms with Gasteiger partial charge >= 0.3 is 11.9 Å². The summed E-state index contributed by atoms with van der Waals surface area (Å²) in [5.41, 5.74) is -0.0971. The second-order valence-corrected chi connectivity index (χ2v) is 3.82. The lowest BCUT2D eigenvalue weighted by molar-refractivity contribution is -0.141. The third kappa shape index (κ3) is 2.12. The minimum atomic E-state index is -1.17. The Bertz CT molecular complexity index is 513. The molecule has 0 aromatic carbocycles. The molecule has 1 aliphatic heterocycles. The first kappa shape index (κ1) is 12.0. The number of hydrogen-bond donors (Lipinski definition) is 2. The molecule has 8 nitrogen and oxygen atoms in total. The van der Waals surface area contributed by atoms with E-state index >= 15 is 0 Å². The Balaban J connectivity index is 2.19. The van der Waals surface area contributed by atoms with Gasteiger partial charge in [0.25, 0.3) is 0 Å². The molecule has 0 spiro atoms. The number of aromatic carboxylic acids is 1. The van der Waals surface area contributed by atoms with Crippen LogP contribution in [0.25, 0.3) is 0 Å². The molecule has 1 amide bonds. The molecular formula is C10H9N3O5. The average Bonchev–Trinajstić information content (AvgIpc) is 2.71. The van der Waals surface area contributed by atoms with Crippen molar-refractivity contribution in [2.24, 2.45) is 5.92 Å². The SMILES string of the molecule is O=C(O)c1cnc(N2CC(C(=O)O)CC2=O)nc1. The van der Waals surface area contributed by atoms with Crippen LogP contribution in [0.15, 0.2) is 12.4 Å². The molecule has 2 heterocycles. The molecule has 1 aliphatic rings. The Morgan fingerprint density at radius 2 is 1.89 bits per heavy atom. The highest BCUT2D eigenvalue weighted by Gasteiger charge is 2.36. The van der Waals surface area contributed by atoms with Crippen LogP contribution in [0.2, 0.25) is 0 Å². The Morgan fingerprint density at radius 3 is 2.33 bits per heavy atom. The summed E-state index contributed by atoms with van der Waals surface area (Å²) in [7, 11) is 0. The summed E-state index contributed by atoms with van der Waals surface area (Å²) < 4.78 is 0. The van der Waals surface area contributed by atoms with E-state index in [4.69, 9.17) is 10.2 Å². The lowest BCUT2D eigenvalue weighted by Gasteiger charge is -2.12. The normalized spacial score (nSPS) is 19.0. The predicted octanol–water partition coefficient (Wildman–Crippen LogP) is -0.388. The molecule has 94 valence electrons. The number of anilines is 1. The van der Waals surface area contributed by atoms with Crippen molar-refractivity contribution in [3.05, 3.63) is 18.0 Å². The maximum Gasteiger partial charge on any atom is 0.338 e. The number of carboxylic acids is 2. The zero-order valence-corrected chi connectivity index (χ0v) is 9.11. The van der Waals surface area contributed by atoms with Crippen molar-refractivity contribution in [1.82, 2.24) is 9.97 Å². The van der Waals surface area contributed by atoms with Gasteiger partial charge in [-0.05, 0) is 0 Å². The minimum absolute atomic E-state index is 0.000580. The number of carbonyl (C=O) groups is 3. The molecule has 1 fully saturated rings. The van der Waals surface area contributed by atoms with E-state index < -0.39 is 17.9 Å². The van der Waals surface area contributed by atoms with Crippen LogP contribution in [0, 0.1) is 5.92 Å². The zero-order valence-electron chi connectivity index (χ0n) is 9.11. The molecule has 0 aliphatic carbocycles. The summed E-state index contributed by atoms with van der Waals surface area (Å²) in [5.74, 6) is -3.36. The first-order valence-electron chi connectivity index (χ1n) is 5.07. The van der Waals surface area contributed by atoms with Gasteiger partial charge in [0.1, 0.15) is 0 Å². The summed E-state index contributed by atoms with van der Waals surface area (Å²) in [5, 5.41) is 17.5. The van der Waals surface area contributed by atoms with Crippen LogP contribution in [-0.2, 0) is 9.59 Å². The van der Waals surface area contributed by atoms with Gasteiger partial charge < -0.3 is 10.2 Å².